The summed E-state index contributed by atoms with van der Waals surface area (Å²) >= 11 is 0. The molecule has 0 aromatic carbocycles. The summed E-state index contributed by atoms with van der Waals surface area (Å²) in [6.45, 7) is 6.46. The lowest BCUT2D eigenvalue weighted by Crippen LogP contribution is -2.60. The molecule has 0 amide bonds. The smallest absolute Gasteiger partial charge is 0.309 e. The Bertz CT molecular complexity index is 672. The number of methoxy groups -OCH3 is 2. The topological polar surface area (TPSA) is 202 Å². The van der Waals surface area contributed by atoms with Gasteiger partial charge in [-0.1, -0.05) is 27.7 Å². The van der Waals surface area contributed by atoms with Crippen LogP contribution in [-0.4, -0.2) is 119 Å². The highest BCUT2D eigenvalue weighted by molar-refractivity contribution is 5.81. The van der Waals surface area contributed by atoms with Gasteiger partial charge in [0.05, 0.1) is 51.0 Å². The summed E-state index contributed by atoms with van der Waals surface area (Å²) in [4.78, 5) is 24.6. The van der Waals surface area contributed by atoms with Crippen LogP contribution < -0.4 is 0 Å². The molecule has 1 aliphatic rings. The molecule has 0 aromatic heterocycles. The number of aliphatic hydroxyl groups is 6. The third kappa shape index (κ3) is 8.57. The zero-order chi connectivity index (χ0) is 27.7. The molecule has 1 aliphatic heterocycles. The van der Waals surface area contributed by atoms with Crippen LogP contribution in [0.2, 0.25) is 0 Å². The van der Waals surface area contributed by atoms with Crippen LogP contribution >= 0.6 is 0 Å². The Morgan fingerprint density at radius 1 is 0.889 bits per heavy atom. The summed E-state index contributed by atoms with van der Waals surface area (Å²) in [6.07, 6.45) is -12.4. The van der Waals surface area contributed by atoms with Crippen molar-refractivity contribution in [2.75, 3.05) is 20.8 Å². The maximum Gasteiger partial charge on any atom is 0.309 e. The lowest BCUT2D eigenvalue weighted by atomic mass is 9.86. The predicted molar refractivity (Wildman–Crippen MR) is 122 cm³/mol. The number of hydrogen-bond acceptors (Lipinski definition) is 13. The second-order valence-corrected chi connectivity index (χ2v) is 9.29. The van der Waals surface area contributed by atoms with Gasteiger partial charge in [0.1, 0.15) is 24.4 Å². The lowest BCUT2D eigenvalue weighted by molar-refractivity contribution is -0.273. The van der Waals surface area contributed by atoms with Crippen LogP contribution in [0.1, 0.15) is 40.5 Å². The van der Waals surface area contributed by atoms with E-state index >= 15 is 0 Å². The van der Waals surface area contributed by atoms with Crippen molar-refractivity contribution in [1.29, 1.82) is 0 Å². The van der Waals surface area contributed by atoms with E-state index in [0.29, 0.717) is 0 Å². The minimum Gasteiger partial charge on any atom is -0.469 e. The van der Waals surface area contributed by atoms with Gasteiger partial charge < -0.3 is 54.3 Å². The van der Waals surface area contributed by atoms with E-state index in [9.17, 15) is 40.2 Å². The van der Waals surface area contributed by atoms with Crippen LogP contribution in [0, 0.1) is 17.8 Å². The van der Waals surface area contributed by atoms with Crippen molar-refractivity contribution in [2.24, 2.45) is 17.8 Å². The van der Waals surface area contributed by atoms with E-state index in [1.165, 1.54) is 6.92 Å². The number of ether oxygens (including phenoxy) is 5. The number of carbonyl (C=O) groups excluding carboxylic acids is 2. The molecule has 0 aromatic rings. The van der Waals surface area contributed by atoms with Gasteiger partial charge in [0.2, 0.25) is 12.6 Å². The van der Waals surface area contributed by atoms with Crippen molar-refractivity contribution in [3.8, 4) is 0 Å². The Labute approximate surface area is 210 Å². The minimum atomic E-state index is -2.26. The normalized spacial score (nSPS) is 28.9. The predicted octanol–water partition coefficient (Wildman–Crippen LogP) is -1.71. The van der Waals surface area contributed by atoms with Crippen molar-refractivity contribution in [3.05, 3.63) is 0 Å². The van der Waals surface area contributed by atoms with Crippen LogP contribution in [0.3, 0.4) is 0 Å². The molecular formula is C23H42O13. The largest absolute Gasteiger partial charge is 0.469 e. The molecule has 6 N–H and O–H groups in total. The maximum absolute atomic E-state index is 12.5. The van der Waals surface area contributed by atoms with E-state index in [4.69, 9.17) is 23.7 Å². The molecular weight excluding hydrogens is 484 g/mol. The molecule has 1 fully saturated rings. The van der Waals surface area contributed by atoms with Gasteiger partial charge in [0.25, 0.3) is 0 Å². The van der Waals surface area contributed by atoms with Crippen molar-refractivity contribution in [1.82, 2.24) is 0 Å². The molecule has 0 spiro atoms. The fourth-order valence-corrected chi connectivity index (χ4v) is 4.18. The van der Waals surface area contributed by atoms with Crippen LogP contribution in [0.5, 0.6) is 0 Å². The standard InChI is InChI=1S/C23H42O13/c1-7-13(34-9-15-16(24)17(25)18(26)19(35-15)10(2)3)14(36-23(31)20(27)28)8-12(22(30)33-6)11(4)21(29)32-5/h10-20,23-28,31H,7-9H2,1-6H3. The van der Waals surface area contributed by atoms with Gasteiger partial charge in [-0.3, -0.25) is 9.59 Å². The molecule has 212 valence electrons. The highest BCUT2D eigenvalue weighted by Crippen LogP contribution is 2.29. The highest BCUT2D eigenvalue weighted by atomic mass is 16.7. The second kappa shape index (κ2) is 15.1. The lowest BCUT2D eigenvalue weighted by Gasteiger charge is -2.43. The van der Waals surface area contributed by atoms with Crippen molar-refractivity contribution in [3.63, 3.8) is 0 Å². The number of aliphatic hydroxyl groups excluding tert-OH is 5. The van der Waals surface area contributed by atoms with Gasteiger partial charge in [0, 0.05) is 0 Å². The first kappa shape index (κ1) is 32.6. The molecule has 1 saturated heterocycles. The van der Waals surface area contributed by atoms with Crippen LogP contribution in [0.4, 0.5) is 0 Å². The molecule has 13 heteroatoms. The number of hydrogen-bond donors (Lipinski definition) is 6. The monoisotopic (exact) mass is 526 g/mol. The quantitative estimate of drug-likeness (QED) is 0.110. The summed E-state index contributed by atoms with van der Waals surface area (Å²) in [7, 11) is 2.30. The average molecular weight is 527 g/mol. The van der Waals surface area contributed by atoms with Gasteiger partial charge in [-0.25, -0.2) is 0 Å². The van der Waals surface area contributed by atoms with Crippen LogP contribution in [0.15, 0.2) is 0 Å². The average Bonchev–Trinajstić information content (AvgIpc) is 2.84. The van der Waals surface area contributed by atoms with Gasteiger partial charge in [-0.05, 0) is 18.8 Å². The first-order valence-electron chi connectivity index (χ1n) is 12.0. The maximum atomic E-state index is 12.5. The summed E-state index contributed by atoms with van der Waals surface area (Å²) in [5, 5.41) is 59.4. The molecule has 36 heavy (non-hydrogen) atoms. The zero-order valence-electron chi connectivity index (χ0n) is 21.6. The summed E-state index contributed by atoms with van der Waals surface area (Å²) in [5.41, 5.74) is 0. The van der Waals surface area contributed by atoms with E-state index in [1.54, 1.807) is 20.8 Å². The van der Waals surface area contributed by atoms with Crippen molar-refractivity contribution < 1.29 is 63.9 Å². The van der Waals surface area contributed by atoms with Crippen molar-refractivity contribution >= 4 is 11.9 Å². The number of rotatable bonds is 14. The number of carbonyl (C=O) groups is 2. The summed E-state index contributed by atoms with van der Waals surface area (Å²) in [6, 6.07) is 0. The fraction of sp³-hybridized carbons (Fsp3) is 0.913. The Kier molecular flexibility index (Phi) is 13.7. The SMILES string of the molecule is CCC(OCC1OC(C(C)C)C(O)C(O)C1O)C(CC(C(=O)OC)C(C)C(=O)OC)OC(O)C(O)O. The van der Waals surface area contributed by atoms with E-state index in [2.05, 4.69) is 0 Å². The third-order valence-corrected chi connectivity index (χ3v) is 6.43. The molecule has 13 nitrogen and oxygen atoms in total. The third-order valence-electron chi connectivity index (χ3n) is 6.43. The van der Waals surface area contributed by atoms with E-state index in [-0.39, 0.29) is 25.4 Å². The molecule has 1 rings (SSSR count). The highest BCUT2D eigenvalue weighted by Gasteiger charge is 2.45. The molecule has 0 aliphatic carbocycles. The Morgan fingerprint density at radius 3 is 1.94 bits per heavy atom. The Balaban J connectivity index is 3.14. The Morgan fingerprint density at radius 2 is 1.47 bits per heavy atom. The van der Waals surface area contributed by atoms with Crippen LogP contribution in [-0.2, 0) is 33.3 Å². The fourth-order valence-electron chi connectivity index (χ4n) is 4.18. The summed E-state index contributed by atoms with van der Waals surface area (Å²) in [5.74, 6) is -3.67. The van der Waals surface area contributed by atoms with E-state index in [0.717, 1.165) is 14.2 Å². The zero-order valence-corrected chi connectivity index (χ0v) is 21.6. The van der Waals surface area contributed by atoms with E-state index < -0.39 is 79.1 Å². The molecule has 1 heterocycles. The van der Waals surface area contributed by atoms with Gasteiger partial charge in [-0.15, -0.1) is 0 Å². The molecule has 10 atom stereocenters. The van der Waals surface area contributed by atoms with Crippen molar-refractivity contribution in [2.45, 2.75) is 95.8 Å². The first-order chi connectivity index (χ1) is 16.8. The first-order valence-corrected chi connectivity index (χ1v) is 12.0. The molecule has 0 radical (unpaired) electrons. The Hall–Kier alpha value is -1.42. The number of esters is 2. The minimum absolute atomic E-state index is 0.176. The second-order valence-electron chi connectivity index (χ2n) is 9.29. The molecule has 0 saturated carbocycles. The molecule has 10 unspecified atom stereocenters. The summed E-state index contributed by atoms with van der Waals surface area (Å²) < 4.78 is 26.6. The van der Waals surface area contributed by atoms with Gasteiger partial charge in [-0.2, -0.15) is 0 Å². The van der Waals surface area contributed by atoms with Gasteiger partial charge in [0.15, 0.2) is 0 Å². The van der Waals surface area contributed by atoms with Gasteiger partial charge >= 0.3 is 11.9 Å². The van der Waals surface area contributed by atoms with Crippen LogP contribution in [0.25, 0.3) is 0 Å². The van der Waals surface area contributed by atoms with E-state index in [1.807, 2.05) is 0 Å². The molecule has 0 bridgehead atoms.